The van der Waals surface area contributed by atoms with Crippen LogP contribution in [0.4, 0.5) is 8.78 Å². The highest BCUT2D eigenvalue weighted by molar-refractivity contribution is 5.26. The maximum Gasteiger partial charge on any atom is 0.191 e. The van der Waals surface area contributed by atoms with Gasteiger partial charge in [-0.15, -0.1) is 0 Å². The standard InChI is InChI=1S/C11H12F2O2/c12-9-2-1-3-10(13)11(9)15-8-4-6-14-7-5-8/h1-3,8H,4-7H2. The lowest BCUT2D eigenvalue weighted by Gasteiger charge is -2.23. The van der Waals surface area contributed by atoms with Crippen molar-refractivity contribution in [3.63, 3.8) is 0 Å². The van der Waals surface area contributed by atoms with Gasteiger partial charge in [-0.1, -0.05) is 6.07 Å². The largest absolute Gasteiger partial charge is 0.484 e. The molecule has 2 rings (SSSR count). The lowest BCUT2D eigenvalue weighted by molar-refractivity contribution is 0.0223. The Labute approximate surface area is 86.8 Å². The lowest BCUT2D eigenvalue weighted by Crippen LogP contribution is -2.26. The van der Waals surface area contributed by atoms with Crippen LogP contribution in [0.15, 0.2) is 18.2 Å². The fourth-order valence-corrected chi connectivity index (χ4v) is 1.56. The highest BCUT2D eigenvalue weighted by Crippen LogP contribution is 2.24. The monoisotopic (exact) mass is 214 g/mol. The normalized spacial score (nSPS) is 17.7. The maximum atomic E-state index is 13.2. The molecule has 1 aliphatic rings. The highest BCUT2D eigenvalue weighted by atomic mass is 19.1. The van der Waals surface area contributed by atoms with E-state index in [1.54, 1.807) is 0 Å². The second kappa shape index (κ2) is 4.57. The van der Waals surface area contributed by atoms with Gasteiger partial charge in [0.25, 0.3) is 0 Å². The van der Waals surface area contributed by atoms with Crippen molar-refractivity contribution in [2.24, 2.45) is 0 Å². The summed E-state index contributed by atoms with van der Waals surface area (Å²) in [4.78, 5) is 0. The zero-order valence-corrected chi connectivity index (χ0v) is 8.21. The first kappa shape index (κ1) is 10.4. The molecule has 1 fully saturated rings. The average Bonchev–Trinajstić information content (AvgIpc) is 2.25. The zero-order valence-electron chi connectivity index (χ0n) is 8.21. The molecule has 82 valence electrons. The number of ether oxygens (including phenoxy) is 2. The van der Waals surface area contributed by atoms with Crippen molar-refractivity contribution < 1.29 is 18.3 Å². The van der Waals surface area contributed by atoms with E-state index in [-0.39, 0.29) is 11.9 Å². The first-order valence-electron chi connectivity index (χ1n) is 4.96. The molecule has 0 saturated carbocycles. The number of rotatable bonds is 2. The molecule has 1 heterocycles. The third-order valence-electron chi connectivity index (χ3n) is 2.37. The SMILES string of the molecule is Fc1cccc(F)c1OC1CCOCC1. The van der Waals surface area contributed by atoms with Crippen LogP contribution in [0.3, 0.4) is 0 Å². The number of hydrogen-bond acceptors (Lipinski definition) is 2. The van der Waals surface area contributed by atoms with Crippen LogP contribution < -0.4 is 4.74 Å². The van der Waals surface area contributed by atoms with Crippen LogP contribution in [0.2, 0.25) is 0 Å². The molecule has 0 amide bonds. The smallest absolute Gasteiger partial charge is 0.191 e. The molecule has 0 radical (unpaired) electrons. The summed E-state index contributed by atoms with van der Waals surface area (Å²) in [6.45, 7) is 1.17. The Balaban J connectivity index is 2.09. The Morgan fingerprint density at radius 2 is 1.73 bits per heavy atom. The van der Waals surface area contributed by atoms with E-state index in [1.165, 1.54) is 18.2 Å². The second-order valence-corrected chi connectivity index (χ2v) is 3.48. The van der Waals surface area contributed by atoms with Crippen molar-refractivity contribution in [1.29, 1.82) is 0 Å². The van der Waals surface area contributed by atoms with Gasteiger partial charge in [0.1, 0.15) is 6.10 Å². The van der Waals surface area contributed by atoms with Crippen LogP contribution in [-0.4, -0.2) is 19.3 Å². The zero-order chi connectivity index (χ0) is 10.7. The van der Waals surface area contributed by atoms with Gasteiger partial charge in [0.05, 0.1) is 13.2 Å². The molecular formula is C11H12F2O2. The van der Waals surface area contributed by atoms with Gasteiger partial charge in [-0.3, -0.25) is 0 Å². The maximum absolute atomic E-state index is 13.2. The molecular weight excluding hydrogens is 202 g/mol. The van der Waals surface area contributed by atoms with E-state index < -0.39 is 11.6 Å². The van der Waals surface area contributed by atoms with E-state index in [1.807, 2.05) is 0 Å². The van der Waals surface area contributed by atoms with Crippen LogP contribution in [0.1, 0.15) is 12.8 Å². The van der Waals surface area contributed by atoms with Crippen molar-refractivity contribution in [1.82, 2.24) is 0 Å². The Bertz CT molecular complexity index is 315. The molecule has 0 unspecified atom stereocenters. The van der Waals surface area contributed by atoms with Gasteiger partial charge in [0, 0.05) is 12.8 Å². The van der Waals surface area contributed by atoms with E-state index in [2.05, 4.69) is 0 Å². The molecule has 0 spiro atoms. The number of benzene rings is 1. The predicted octanol–water partition coefficient (Wildman–Crippen LogP) is 2.52. The van der Waals surface area contributed by atoms with Crippen LogP contribution in [0.25, 0.3) is 0 Å². The van der Waals surface area contributed by atoms with E-state index in [0.29, 0.717) is 26.1 Å². The molecule has 0 bridgehead atoms. The van der Waals surface area contributed by atoms with Gasteiger partial charge < -0.3 is 9.47 Å². The summed E-state index contributed by atoms with van der Waals surface area (Å²) in [6, 6.07) is 3.71. The third-order valence-corrected chi connectivity index (χ3v) is 2.37. The Hall–Kier alpha value is -1.16. The minimum atomic E-state index is -0.651. The number of halogens is 2. The van der Waals surface area contributed by atoms with Crippen LogP contribution in [-0.2, 0) is 4.74 Å². The summed E-state index contributed by atoms with van der Waals surface area (Å²) in [5, 5.41) is 0. The van der Waals surface area contributed by atoms with Gasteiger partial charge in [-0.2, -0.15) is 0 Å². The second-order valence-electron chi connectivity index (χ2n) is 3.48. The molecule has 0 N–H and O–H groups in total. The van der Waals surface area contributed by atoms with E-state index in [4.69, 9.17) is 9.47 Å². The summed E-state index contributed by atoms with van der Waals surface area (Å²) < 4.78 is 36.8. The molecule has 2 nitrogen and oxygen atoms in total. The van der Waals surface area contributed by atoms with Crippen LogP contribution in [0.5, 0.6) is 5.75 Å². The van der Waals surface area contributed by atoms with Gasteiger partial charge >= 0.3 is 0 Å². The van der Waals surface area contributed by atoms with Crippen molar-refractivity contribution in [3.8, 4) is 5.75 Å². The van der Waals surface area contributed by atoms with Crippen molar-refractivity contribution in [2.75, 3.05) is 13.2 Å². The molecule has 15 heavy (non-hydrogen) atoms. The first-order valence-corrected chi connectivity index (χ1v) is 4.96. The summed E-state index contributed by atoms with van der Waals surface area (Å²) in [6.07, 6.45) is 1.20. The molecule has 1 aliphatic heterocycles. The third kappa shape index (κ3) is 2.45. The fraction of sp³-hybridized carbons (Fsp3) is 0.455. The van der Waals surface area contributed by atoms with Gasteiger partial charge in [-0.05, 0) is 12.1 Å². The summed E-state index contributed by atoms with van der Waals surface area (Å²) >= 11 is 0. The van der Waals surface area contributed by atoms with Crippen LogP contribution >= 0.6 is 0 Å². The van der Waals surface area contributed by atoms with E-state index >= 15 is 0 Å². The average molecular weight is 214 g/mol. The molecule has 0 atom stereocenters. The predicted molar refractivity (Wildman–Crippen MR) is 50.8 cm³/mol. The van der Waals surface area contributed by atoms with E-state index in [0.717, 1.165) is 0 Å². The Kier molecular flexibility index (Phi) is 3.16. The quantitative estimate of drug-likeness (QED) is 0.753. The van der Waals surface area contributed by atoms with Gasteiger partial charge in [-0.25, -0.2) is 8.78 Å². The minimum Gasteiger partial charge on any atom is -0.484 e. The molecule has 1 aromatic rings. The summed E-state index contributed by atoms with van der Waals surface area (Å²) in [5.41, 5.74) is 0. The lowest BCUT2D eigenvalue weighted by atomic mass is 10.1. The first-order chi connectivity index (χ1) is 7.27. The topological polar surface area (TPSA) is 18.5 Å². The highest BCUT2D eigenvalue weighted by Gasteiger charge is 2.19. The molecule has 4 heteroatoms. The van der Waals surface area contributed by atoms with Gasteiger partial charge in [0.15, 0.2) is 17.4 Å². The van der Waals surface area contributed by atoms with Crippen molar-refractivity contribution in [3.05, 3.63) is 29.8 Å². The summed E-state index contributed by atoms with van der Waals surface area (Å²) in [7, 11) is 0. The number of hydrogen-bond donors (Lipinski definition) is 0. The molecule has 1 saturated heterocycles. The van der Waals surface area contributed by atoms with Crippen LogP contribution in [0, 0.1) is 11.6 Å². The summed E-state index contributed by atoms with van der Waals surface area (Å²) in [5.74, 6) is -1.58. The molecule has 0 aliphatic carbocycles. The van der Waals surface area contributed by atoms with Gasteiger partial charge in [0.2, 0.25) is 0 Å². The minimum absolute atomic E-state index is 0.148. The fourth-order valence-electron chi connectivity index (χ4n) is 1.56. The number of para-hydroxylation sites is 1. The molecule has 0 aromatic heterocycles. The van der Waals surface area contributed by atoms with Crippen molar-refractivity contribution in [2.45, 2.75) is 18.9 Å². The van der Waals surface area contributed by atoms with Crippen molar-refractivity contribution >= 4 is 0 Å². The Morgan fingerprint density at radius 3 is 2.33 bits per heavy atom. The molecule has 1 aromatic carbocycles. The van der Waals surface area contributed by atoms with E-state index in [9.17, 15) is 8.78 Å². The Morgan fingerprint density at radius 1 is 1.13 bits per heavy atom.